The van der Waals surface area contributed by atoms with E-state index in [1.807, 2.05) is 72.3 Å². The summed E-state index contributed by atoms with van der Waals surface area (Å²) in [5, 5.41) is 1.49. The first-order valence-electron chi connectivity index (χ1n) is 8.57. The van der Waals surface area contributed by atoms with E-state index >= 15 is 0 Å². The quantitative estimate of drug-likeness (QED) is 0.453. The Bertz CT molecular complexity index is 1050. The van der Waals surface area contributed by atoms with E-state index in [1.54, 1.807) is 11.1 Å². The molecule has 0 radical (unpaired) electrons. The summed E-state index contributed by atoms with van der Waals surface area (Å²) in [4.78, 5) is 24.2. The molecule has 7 heteroatoms. The highest BCUT2D eigenvalue weighted by atomic mass is 32.2. The third-order valence-electron chi connectivity index (χ3n) is 4.22. The van der Waals surface area contributed by atoms with E-state index in [4.69, 9.17) is 0 Å². The minimum Gasteiger partial charge on any atom is -0.283 e. The van der Waals surface area contributed by atoms with E-state index in [0.29, 0.717) is 17.4 Å². The molecule has 5 nitrogen and oxygen atoms in total. The fourth-order valence-electron chi connectivity index (χ4n) is 2.94. The maximum Gasteiger partial charge on any atom is 0.278 e. The van der Waals surface area contributed by atoms with Gasteiger partial charge in [-0.05, 0) is 37.4 Å². The van der Waals surface area contributed by atoms with Gasteiger partial charge < -0.3 is 0 Å². The molecule has 136 valence electrons. The summed E-state index contributed by atoms with van der Waals surface area (Å²) < 4.78 is 2.98. The average molecular weight is 395 g/mol. The lowest BCUT2D eigenvalue weighted by Gasteiger charge is -2.19. The summed E-state index contributed by atoms with van der Waals surface area (Å²) in [6.07, 6.45) is 3.61. The Kier molecular flexibility index (Phi) is 4.96. The molecule has 4 aromatic rings. The summed E-state index contributed by atoms with van der Waals surface area (Å²) in [6.45, 7) is 2.50. The van der Waals surface area contributed by atoms with Crippen LogP contribution in [0.3, 0.4) is 0 Å². The van der Waals surface area contributed by atoms with Crippen LogP contribution in [0.25, 0.3) is 15.9 Å². The van der Waals surface area contributed by atoms with Gasteiger partial charge >= 0.3 is 0 Å². The van der Waals surface area contributed by atoms with Crippen LogP contribution in [0.1, 0.15) is 17.4 Å². The van der Waals surface area contributed by atoms with E-state index in [-0.39, 0.29) is 5.91 Å². The topological polar surface area (TPSA) is 51.0 Å². The highest BCUT2D eigenvalue weighted by molar-refractivity contribution is 7.98. The number of aromatic nitrogens is 3. The number of anilines is 1. The second-order valence-corrected chi connectivity index (χ2v) is 7.60. The van der Waals surface area contributed by atoms with E-state index in [2.05, 4.69) is 9.97 Å². The van der Waals surface area contributed by atoms with Crippen LogP contribution in [0, 0.1) is 0 Å². The Hall–Kier alpha value is -2.64. The standard InChI is InChI=1S/C20H18N4OS2/c1-3-23(20-22-15-11-7-8-12-17(15)27-20)18(25)16-13-21-19(26-2)24(16)14-9-5-4-6-10-14/h4-13H,3H2,1-2H3. The second-order valence-electron chi connectivity index (χ2n) is 5.81. The van der Waals surface area contributed by atoms with Crippen LogP contribution in [0.5, 0.6) is 0 Å². The number of thioether (sulfide) groups is 1. The molecule has 1 amide bonds. The smallest absolute Gasteiger partial charge is 0.278 e. The normalized spacial score (nSPS) is 11.0. The van der Waals surface area contributed by atoms with Crippen LogP contribution >= 0.6 is 23.1 Å². The lowest BCUT2D eigenvalue weighted by atomic mass is 10.3. The molecule has 0 atom stereocenters. The molecule has 2 aromatic carbocycles. The van der Waals surface area contributed by atoms with Gasteiger partial charge in [-0.3, -0.25) is 14.3 Å². The summed E-state index contributed by atoms with van der Waals surface area (Å²) in [7, 11) is 0. The van der Waals surface area contributed by atoms with Crippen LogP contribution in [-0.4, -0.2) is 33.2 Å². The number of carbonyl (C=O) groups is 1. The Labute approximate surface area is 165 Å². The van der Waals surface area contributed by atoms with Gasteiger partial charge in [0.15, 0.2) is 10.3 Å². The second kappa shape index (κ2) is 7.54. The van der Waals surface area contributed by atoms with Crippen LogP contribution in [0.15, 0.2) is 66.0 Å². The number of hydrogen-bond donors (Lipinski definition) is 0. The van der Waals surface area contributed by atoms with E-state index in [9.17, 15) is 4.79 Å². The lowest BCUT2D eigenvalue weighted by molar-refractivity contribution is 0.0981. The van der Waals surface area contributed by atoms with Crippen molar-refractivity contribution in [1.82, 2.24) is 14.5 Å². The number of nitrogens with zero attached hydrogens (tertiary/aromatic N) is 4. The number of benzene rings is 2. The van der Waals surface area contributed by atoms with E-state index < -0.39 is 0 Å². The Balaban J connectivity index is 1.78. The largest absolute Gasteiger partial charge is 0.283 e. The van der Waals surface area contributed by atoms with Crippen molar-refractivity contribution in [3.63, 3.8) is 0 Å². The average Bonchev–Trinajstić information content (AvgIpc) is 3.33. The van der Waals surface area contributed by atoms with Crippen molar-refractivity contribution in [3.05, 3.63) is 66.5 Å². The Morgan fingerprint density at radius 3 is 2.59 bits per heavy atom. The summed E-state index contributed by atoms with van der Waals surface area (Å²) >= 11 is 3.04. The molecule has 2 aromatic heterocycles. The zero-order valence-corrected chi connectivity index (χ0v) is 16.6. The molecule has 4 rings (SSSR count). The molecule has 2 heterocycles. The summed E-state index contributed by atoms with van der Waals surface area (Å²) in [6, 6.07) is 17.8. The van der Waals surface area contributed by atoms with Gasteiger partial charge in [0.05, 0.1) is 16.4 Å². The molecule has 0 N–H and O–H groups in total. The van der Waals surface area contributed by atoms with Crippen molar-refractivity contribution >= 4 is 44.4 Å². The van der Waals surface area contributed by atoms with Gasteiger partial charge in [0.25, 0.3) is 5.91 Å². The molecular weight excluding hydrogens is 376 g/mol. The molecule has 27 heavy (non-hydrogen) atoms. The molecule has 0 saturated heterocycles. The fourth-order valence-corrected chi connectivity index (χ4v) is 4.51. The number of thiazole rings is 1. The van der Waals surface area contributed by atoms with Crippen LogP contribution in [0.2, 0.25) is 0 Å². The number of rotatable bonds is 5. The Morgan fingerprint density at radius 1 is 1.15 bits per heavy atom. The van der Waals surface area contributed by atoms with Crippen LogP contribution in [-0.2, 0) is 0 Å². The molecule has 0 aliphatic rings. The molecule has 0 aliphatic heterocycles. The first kappa shape index (κ1) is 17.8. The van der Waals surface area contributed by atoms with Crippen molar-refractivity contribution in [1.29, 1.82) is 0 Å². The van der Waals surface area contributed by atoms with Gasteiger partial charge in [-0.15, -0.1) is 0 Å². The van der Waals surface area contributed by atoms with Gasteiger partial charge in [-0.25, -0.2) is 9.97 Å². The highest BCUT2D eigenvalue weighted by Crippen LogP contribution is 2.30. The van der Waals surface area contributed by atoms with Crippen LogP contribution < -0.4 is 4.90 Å². The van der Waals surface area contributed by atoms with Gasteiger partial charge in [-0.2, -0.15) is 0 Å². The molecule has 0 aliphatic carbocycles. The van der Waals surface area contributed by atoms with Gasteiger partial charge in [0.2, 0.25) is 0 Å². The molecule has 0 saturated carbocycles. The number of carbonyl (C=O) groups excluding carboxylic acids is 1. The minimum absolute atomic E-state index is 0.104. The van der Waals surface area contributed by atoms with Crippen LogP contribution in [0.4, 0.5) is 5.13 Å². The first-order chi connectivity index (χ1) is 13.2. The summed E-state index contributed by atoms with van der Waals surface area (Å²) in [5.41, 5.74) is 2.36. The van der Waals surface area contributed by atoms with E-state index in [1.165, 1.54) is 23.1 Å². The number of hydrogen-bond acceptors (Lipinski definition) is 5. The van der Waals surface area contributed by atoms with Gasteiger partial charge in [-0.1, -0.05) is 53.4 Å². The monoisotopic (exact) mass is 394 g/mol. The van der Waals surface area contributed by atoms with Crippen molar-refractivity contribution in [3.8, 4) is 5.69 Å². The lowest BCUT2D eigenvalue weighted by Crippen LogP contribution is -2.32. The van der Waals surface area contributed by atoms with Crippen molar-refractivity contribution < 1.29 is 4.79 Å². The third-order valence-corrected chi connectivity index (χ3v) is 5.93. The third kappa shape index (κ3) is 3.24. The SMILES string of the molecule is CCN(C(=O)c1cnc(SC)n1-c1ccccc1)c1nc2ccccc2s1. The van der Waals surface area contributed by atoms with Gasteiger partial charge in [0, 0.05) is 12.2 Å². The van der Waals surface area contributed by atoms with Crippen molar-refractivity contribution in [2.45, 2.75) is 12.1 Å². The highest BCUT2D eigenvalue weighted by Gasteiger charge is 2.25. The molecule has 0 spiro atoms. The van der Waals surface area contributed by atoms with Crippen molar-refractivity contribution in [2.75, 3.05) is 17.7 Å². The molecular formula is C20H18N4OS2. The zero-order valence-electron chi connectivity index (χ0n) is 15.0. The predicted molar refractivity (Wildman–Crippen MR) is 112 cm³/mol. The Morgan fingerprint density at radius 2 is 1.89 bits per heavy atom. The number of para-hydroxylation sites is 2. The van der Waals surface area contributed by atoms with E-state index in [0.717, 1.165) is 21.1 Å². The molecule has 0 bridgehead atoms. The predicted octanol–water partition coefficient (Wildman–Crippen LogP) is 4.87. The summed E-state index contributed by atoms with van der Waals surface area (Å²) in [5.74, 6) is -0.104. The molecule has 0 unspecified atom stereocenters. The zero-order chi connectivity index (χ0) is 18.8. The number of imidazole rings is 1. The minimum atomic E-state index is -0.104. The maximum atomic E-state index is 13.4. The fraction of sp³-hybridized carbons (Fsp3) is 0.150. The van der Waals surface area contributed by atoms with Gasteiger partial charge in [0.1, 0.15) is 5.69 Å². The number of amides is 1. The van der Waals surface area contributed by atoms with Crippen molar-refractivity contribution in [2.24, 2.45) is 0 Å². The molecule has 0 fully saturated rings. The number of fused-ring (bicyclic) bond motifs is 1. The first-order valence-corrected chi connectivity index (χ1v) is 10.6. The maximum absolute atomic E-state index is 13.4.